The predicted octanol–water partition coefficient (Wildman–Crippen LogP) is 6.17. The number of nitrogens with zero attached hydrogens (tertiary/aromatic N) is 9. The third-order valence-corrected chi connectivity index (χ3v) is 23.3. The zero-order valence-electron chi connectivity index (χ0n) is 62.1. The maximum Gasteiger partial charge on any atom is 0.397 e. The van der Waals surface area contributed by atoms with Crippen LogP contribution in [0, 0.1) is 35.5 Å². The quantitative estimate of drug-likeness (QED) is 0.207. The Kier molecular flexibility index (Phi) is 29.0. The van der Waals surface area contributed by atoms with Gasteiger partial charge in [0, 0.05) is 68.8 Å². The van der Waals surface area contributed by atoms with Crippen LogP contribution in [0.5, 0.6) is 0 Å². The number of fused-ring (bicyclic) bond motifs is 1. The highest BCUT2D eigenvalue weighted by Crippen LogP contribution is 2.45. The Morgan fingerprint density at radius 3 is 1.74 bits per heavy atom. The molecule has 0 radical (unpaired) electrons. The Hall–Kier alpha value is -7.06. The molecule has 3 N–H and O–H groups in total. The van der Waals surface area contributed by atoms with Crippen molar-refractivity contribution >= 4 is 70.9 Å². The Morgan fingerprint density at radius 1 is 0.600 bits per heavy atom. The number of alkyl halides is 10. The molecule has 12 amide bonds. The van der Waals surface area contributed by atoms with Crippen molar-refractivity contribution in [2.75, 3.05) is 88.6 Å². The molecule has 0 aromatic rings. The summed E-state index contributed by atoms with van der Waals surface area (Å²) in [6, 6.07) is -12.7. The lowest BCUT2D eigenvalue weighted by molar-refractivity contribution is -0.219. The number of halogens is 10. The molecule has 1 spiro atoms. The van der Waals surface area contributed by atoms with Gasteiger partial charge in [0.05, 0.1) is 39.0 Å². The number of likely N-dealkylation sites (N-methyl/N-ethyl adjacent to an activating group) is 7. The van der Waals surface area contributed by atoms with Gasteiger partial charge >= 0.3 is 12.4 Å². The molecule has 34 heteroatoms. The number of hydrogen-bond acceptors (Lipinski definition) is 12. The zero-order chi connectivity index (χ0) is 78.1. The van der Waals surface area contributed by atoms with Gasteiger partial charge in [-0.15, -0.1) is 0 Å². The molecule has 4 aliphatic carbocycles. The van der Waals surface area contributed by atoms with Crippen molar-refractivity contribution in [3.05, 3.63) is 0 Å². The number of carbonyl (C=O) groups is 12. The predicted molar refractivity (Wildman–Crippen MR) is 362 cm³/mol. The Bertz CT molecular complexity index is 3110. The topological polar surface area (TPSA) is 270 Å². The van der Waals surface area contributed by atoms with Crippen LogP contribution in [0.4, 0.5) is 43.9 Å². The second-order valence-corrected chi connectivity index (χ2v) is 31.1. The average molecular weight is 1510 g/mol. The van der Waals surface area contributed by atoms with Crippen LogP contribution < -0.4 is 16.0 Å². The fraction of sp³-hybridized carbons (Fsp3) is 0.831. The molecule has 3 saturated heterocycles. The maximum atomic E-state index is 16.2. The van der Waals surface area contributed by atoms with Crippen LogP contribution >= 0.6 is 0 Å². The first-order valence-corrected chi connectivity index (χ1v) is 37.1. The molecular weight excluding hydrogens is 1400 g/mol. The maximum absolute atomic E-state index is 16.2. The molecule has 0 aromatic carbocycles. The Labute approximate surface area is 607 Å². The first kappa shape index (κ1) is 85.2. The van der Waals surface area contributed by atoms with Crippen LogP contribution in [0.3, 0.4) is 0 Å². The van der Waals surface area contributed by atoms with Crippen LogP contribution in [0.1, 0.15) is 175 Å². The Balaban J connectivity index is 1.31. The molecule has 594 valence electrons. The van der Waals surface area contributed by atoms with E-state index in [0.29, 0.717) is 67.1 Å². The summed E-state index contributed by atoms with van der Waals surface area (Å²) in [5.74, 6) is -21.8. The summed E-state index contributed by atoms with van der Waals surface area (Å²) < 4.78 is 149. The number of carbonyl (C=O) groups excluding carboxylic acids is 12. The summed E-state index contributed by atoms with van der Waals surface area (Å²) in [5.41, 5.74) is -1.97. The van der Waals surface area contributed by atoms with E-state index in [9.17, 15) is 64.7 Å². The molecule has 10 atom stereocenters. The molecule has 7 rings (SSSR count). The van der Waals surface area contributed by atoms with Gasteiger partial charge in [0.1, 0.15) is 66.1 Å². The molecule has 3 heterocycles. The van der Waals surface area contributed by atoms with Crippen molar-refractivity contribution in [2.45, 2.75) is 253 Å². The van der Waals surface area contributed by atoms with Gasteiger partial charge in [0.25, 0.3) is 5.92 Å². The number of amides is 12. The minimum absolute atomic E-state index is 0.0409. The van der Waals surface area contributed by atoms with Crippen molar-refractivity contribution in [1.29, 1.82) is 0 Å². The number of rotatable bonds is 10. The van der Waals surface area contributed by atoms with Crippen molar-refractivity contribution in [1.82, 2.24) is 60.0 Å². The van der Waals surface area contributed by atoms with Gasteiger partial charge in [0.2, 0.25) is 70.9 Å². The largest absolute Gasteiger partial charge is 0.397 e. The zero-order valence-corrected chi connectivity index (χ0v) is 62.1. The second-order valence-electron chi connectivity index (χ2n) is 31.1. The minimum atomic E-state index is -5.26. The third kappa shape index (κ3) is 21.4. The smallest absolute Gasteiger partial charge is 0.343 e. The molecular formula is C71H108F10N12O12. The van der Waals surface area contributed by atoms with Crippen LogP contribution in [0.15, 0.2) is 0 Å². The summed E-state index contributed by atoms with van der Waals surface area (Å²) >= 11 is 0. The molecule has 7 aliphatic rings. The molecule has 0 bridgehead atoms. The minimum Gasteiger partial charge on any atom is -0.343 e. The van der Waals surface area contributed by atoms with Gasteiger partial charge < -0.3 is 60.0 Å². The van der Waals surface area contributed by atoms with Crippen LogP contribution in [-0.2, 0) is 57.5 Å². The number of hydrogen-bond donors (Lipinski definition) is 3. The summed E-state index contributed by atoms with van der Waals surface area (Å²) in [4.78, 5) is 186. The highest BCUT2D eigenvalue weighted by molar-refractivity contribution is 6.01. The highest BCUT2D eigenvalue weighted by Gasteiger charge is 2.57. The lowest BCUT2D eigenvalue weighted by atomic mass is 9.76. The van der Waals surface area contributed by atoms with E-state index in [0.717, 1.165) is 55.7 Å². The van der Waals surface area contributed by atoms with E-state index in [1.807, 2.05) is 0 Å². The van der Waals surface area contributed by atoms with Gasteiger partial charge in [-0.25, -0.2) is 17.6 Å². The van der Waals surface area contributed by atoms with E-state index in [-0.39, 0.29) is 57.5 Å². The molecule has 7 fully saturated rings. The standard InChI is InChI=1S/C71H108F10N12O12/c1-11-42(3)58-65(103)87(6)38-55(96)85(4)39-56(97)88(7)49(33-43-23-21-41(2)22-24-43)63(101)86(5)37-53(94)82-48(26-25-44-31-46(72)57(47(73)32-44)71(79,80)81)62(100)93-40-69(74,75)35-52(93)61(99)84-68(27-15-16-28-68)67(105)91(10)59(45-19-13-12-14-20-45)66(104)90(9)50(64(102)92-29-17-18-30-92)34-54(95)89(8)51(60(98)83-58)36-70(76,77)78/h41-52,57-59H,11-40H2,1-10H3,(H,82,94)(H,83,98)(H,84,99)/t41?,42-,43?,44?,46?,47?,48-,49-,50-,51-,52-,57?,58-,59-/m0/s1. The normalized spacial score (nSPS) is 31.7. The lowest BCUT2D eigenvalue weighted by Crippen LogP contribution is -2.65. The first-order valence-electron chi connectivity index (χ1n) is 37.1. The van der Waals surface area contributed by atoms with Gasteiger partial charge in [-0.3, -0.25) is 57.5 Å². The molecule has 2 unspecified atom stereocenters. The van der Waals surface area contributed by atoms with Gasteiger partial charge in [-0.1, -0.05) is 85.0 Å². The average Bonchev–Trinajstić information content (AvgIpc) is 1.68. The lowest BCUT2D eigenvalue weighted by Gasteiger charge is -2.43. The van der Waals surface area contributed by atoms with E-state index in [1.54, 1.807) is 6.92 Å². The first-order chi connectivity index (χ1) is 49.0. The summed E-state index contributed by atoms with van der Waals surface area (Å²) in [5, 5.41) is 7.50. The fourth-order valence-corrected chi connectivity index (χ4v) is 16.6. The monoisotopic (exact) mass is 1510 g/mol. The van der Waals surface area contributed by atoms with E-state index in [2.05, 4.69) is 22.9 Å². The van der Waals surface area contributed by atoms with E-state index < -0.39 is 244 Å². The number of likely N-dealkylation sites (tertiary alicyclic amines) is 1. The van der Waals surface area contributed by atoms with Crippen molar-refractivity contribution in [2.24, 2.45) is 35.5 Å². The van der Waals surface area contributed by atoms with Gasteiger partial charge in [-0.05, 0) is 100 Å². The molecule has 3 aliphatic heterocycles. The molecule has 24 nitrogen and oxygen atoms in total. The second kappa shape index (κ2) is 35.8. The van der Waals surface area contributed by atoms with Crippen molar-refractivity contribution in [3.8, 4) is 0 Å². The van der Waals surface area contributed by atoms with Gasteiger partial charge in [-0.2, -0.15) is 26.3 Å². The van der Waals surface area contributed by atoms with Crippen LogP contribution in [0.25, 0.3) is 0 Å². The van der Waals surface area contributed by atoms with E-state index >= 15 is 36.7 Å². The van der Waals surface area contributed by atoms with E-state index in [4.69, 9.17) is 0 Å². The van der Waals surface area contributed by atoms with Crippen LogP contribution in [-0.4, -0.2) is 282 Å². The Morgan fingerprint density at radius 2 is 1.17 bits per heavy atom. The molecule has 105 heavy (non-hydrogen) atoms. The summed E-state index contributed by atoms with van der Waals surface area (Å²) in [6.07, 6.45) is -16.2. The van der Waals surface area contributed by atoms with E-state index in [1.165, 1.54) is 54.1 Å². The third-order valence-electron chi connectivity index (χ3n) is 23.3. The van der Waals surface area contributed by atoms with Crippen LogP contribution in [0.2, 0.25) is 0 Å². The van der Waals surface area contributed by atoms with Crippen molar-refractivity contribution in [3.63, 3.8) is 0 Å². The fourth-order valence-electron chi connectivity index (χ4n) is 16.6. The van der Waals surface area contributed by atoms with Crippen molar-refractivity contribution < 1.29 is 101 Å². The molecule has 0 aromatic heterocycles. The summed E-state index contributed by atoms with van der Waals surface area (Å²) in [7, 11) is 8.21. The highest BCUT2D eigenvalue weighted by atomic mass is 19.4. The van der Waals surface area contributed by atoms with Gasteiger partial charge in [0.15, 0.2) is 0 Å². The summed E-state index contributed by atoms with van der Waals surface area (Å²) in [6.45, 7) is 1.65. The number of nitrogens with one attached hydrogen (secondary N) is 3. The molecule has 4 saturated carbocycles. The SMILES string of the molecule is CC[C@H](C)[C@@H]1NC(=O)[C@H](CC(F)(F)F)N(C)C(=O)C[C@@H](C(=O)N2CCCC2)N(C)C(=O)[C@H](C2CCCCC2)N(C)C(=O)C2(CCCC2)NC(=O)[C@@H]2CC(F)(F)CN2C(=O)[C@H](CCC2CC(F)C(C(F)(F)F)C(F)C2)NC(=O)CN(C)C(=O)[C@H](CC2CCC(C)CC2)N(C)C(=O)CN(C)C(=O)CN(C)C1=O.